The van der Waals surface area contributed by atoms with Crippen molar-refractivity contribution in [3.63, 3.8) is 0 Å². The molecule has 1 saturated heterocycles. The molecule has 0 aromatic carbocycles. The first-order valence-corrected chi connectivity index (χ1v) is 8.96. The Bertz CT molecular complexity index is 707. The van der Waals surface area contributed by atoms with Crippen molar-refractivity contribution in [3.8, 4) is 0 Å². The summed E-state index contributed by atoms with van der Waals surface area (Å²) in [6.45, 7) is 4.35. The van der Waals surface area contributed by atoms with Gasteiger partial charge in [0.15, 0.2) is 0 Å². The molecule has 6 atom stereocenters. The summed E-state index contributed by atoms with van der Waals surface area (Å²) in [4.78, 5) is 25.2. The molecule has 5 aliphatic rings. The monoisotopic (exact) mass is 332 g/mol. The maximum Gasteiger partial charge on any atom is 0.334 e. The van der Waals surface area contributed by atoms with E-state index >= 15 is 0 Å². The summed E-state index contributed by atoms with van der Waals surface area (Å²) in [5.74, 6) is 0.249. The molecular formula is C19H24O5. The van der Waals surface area contributed by atoms with Crippen LogP contribution in [0.15, 0.2) is 11.1 Å². The van der Waals surface area contributed by atoms with Gasteiger partial charge < -0.3 is 14.2 Å². The van der Waals surface area contributed by atoms with Crippen molar-refractivity contribution in [2.45, 2.75) is 50.7 Å². The van der Waals surface area contributed by atoms with Gasteiger partial charge in [0.25, 0.3) is 0 Å². The highest BCUT2D eigenvalue weighted by Crippen LogP contribution is 2.83. The van der Waals surface area contributed by atoms with Crippen LogP contribution in [0.25, 0.3) is 0 Å². The van der Waals surface area contributed by atoms with Gasteiger partial charge in [-0.25, -0.2) is 9.59 Å². The van der Waals surface area contributed by atoms with E-state index in [0.717, 1.165) is 6.42 Å². The molecule has 4 aliphatic carbocycles. The summed E-state index contributed by atoms with van der Waals surface area (Å²) in [6, 6.07) is 0. The first-order valence-electron chi connectivity index (χ1n) is 8.96. The lowest BCUT2D eigenvalue weighted by atomic mass is 9.54. The van der Waals surface area contributed by atoms with Crippen LogP contribution in [-0.2, 0) is 23.8 Å². The second kappa shape index (κ2) is 4.06. The minimum Gasteiger partial charge on any atom is -0.466 e. The van der Waals surface area contributed by atoms with Crippen LogP contribution < -0.4 is 0 Å². The van der Waals surface area contributed by atoms with Crippen molar-refractivity contribution in [3.05, 3.63) is 11.1 Å². The molecule has 5 rings (SSSR count). The van der Waals surface area contributed by atoms with Crippen molar-refractivity contribution in [1.82, 2.24) is 0 Å². The maximum absolute atomic E-state index is 12.7. The number of esters is 2. The van der Waals surface area contributed by atoms with Gasteiger partial charge in [0.05, 0.1) is 25.4 Å². The summed E-state index contributed by atoms with van der Waals surface area (Å²) in [5.41, 5.74) is 0.518. The average Bonchev–Trinajstić information content (AvgIpc) is 2.83. The van der Waals surface area contributed by atoms with Crippen molar-refractivity contribution in [2.24, 2.45) is 29.1 Å². The Kier molecular flexibility index (Phi) is 2.53. The number of carbonyl (C=O) groups is 2. The van der Waals surface area contributed by atoms with Gasteiger partial charge in [-0.1, -0.05) is 13.8 Å². The Morgan fingerprint density at radius 2 is 1.67 bits per heavy atom. The van der Waals surface area contributed by atoms with Crippen molar-refractivity contribution in [2.75, 3.05) is 14.2 Å². The number of ether oxygens (including phenoxy) is 3. The summed E-state index contributed by atoms with van der Waals surface area (Å²) in [5, 5.41) is 0. The van der Waals surface area contributed by atoms with Crippen molar-refractivity contribution in [1.29, 1.82) is 0 Å². The molecule has 5 nitrogen and oxygen atoms in total. The number of methoxy groups -OCH3 is 2. The van der Waals surface area contributed by atoms with Crippen molar-refractivity contribution < 1.29 is 23.8 Å². The van der Waals surface area contributed by atoms with E-state index in [1.807, 2.05) is 0 Å². The minimum atomic E-state index is -0.389. The molecule has 4 bridgehead atoms. The number of rotatable bonds is 2. The number of carbonyl (C=O) groups excluding carboxylic acids is 2. The van der Waals surface area contributed by atoms with E-state index in [1.165, 1.54) is 33.5 Å². The molecule has 0 radical (unpaired) electrons. The fourth-order valence-electron chi connectivity index (χ4n) is 7.23. The SMILES string of the molecule is COC(=O)C1=C(C(=O)OC)C2C(C)(C)C1CC13OC21C1CCC3C1. The zero-order chi connectivity index (χ0) is 17.1. The quantitative estimate of drug-likeness (QED) is 0.573. The lowest BCUT2D eigenvalue weighted by Crippen LogP contribution is -2.52. The normalized spacial score (nSPS) is 48.8. The van der Waals surface area contributed by atoms with Gasteiger partial charge in [0.1, 0.15) is 11.2 Å². The molecule has 1 aliphatic heterocycles. The van der Waals surface area contributed by atoms with E-state index in [-0.39, 0.29) is 40.4 Å². The second-order valence-corrected chi connectivity index (χ2v) is 8.81. The van der Waals surface area contributed by atoms with E-state index in [1.54, 1.807) is 0 Å². The zero-order valence-electron chi connectivity index (χ0n) is 14.7. The van der Waals surface area contributed by atoms with Crippen LogP contribution in [0.5, 0.6) is 0 Å². The molecule has 0 amide bonds. The molecular weight excluding hydrogens is 308 g/mol. The lowest BCUT2D eigenvalue weighted by Gasteiger charge is -2.45. The van der Waals surface area contributed by atoms with Gasteiger partial charge in [-0.05, 0) is 42.9 Å². The number of fused-ring (bicyclic) bond motifs is 4. The molecule has 0 aromatic rings. The molecule has 24 heavy (non-hydrogen) atoms. The van der Waals surface area contributed by atoms with Crippen LogP contribution in [-0.4, -0.2) is 37.4 Å². The molecule has 0 N–H and O–H groups in total. The Labute approximate surface area is 141 Å². The van der Waals surface area contributed by atoms with E-state index in [2.05, 4.69) is 13.8 Å². The van der Waals surface area contributed by atoms with Gasteiger partial charge in [-0.2, -0.15) is 0 Å². The van der Waals surface area contributed by atoms with Gasteiger partial charge in [0, 0.05) is 11.8 Å². The Hall–Kier alpha value is -1.36. The van der Waals surface area contributed by atoms with E-state index in [0.29, 0.717) is 23.0 Å². The van der Waals surface area contributed by atoms with Gasteiger partial charge in [-0.3, -0.25) is 0 Å². The largest absolute Gasteiger partial charge is 0.466 e. The standard InChI is InChI=1S/C19H24O5/c1-17(2)11-8-18-9-5-6-10(7-9)19(18,24-18)14(17)13(16(21)23-4)12(11)15(20)22-3/h9-11,14H,5-8H2,1-4H3. The van der Waals surface area contributed by atoms with Crippen LogP contribution in [0.1, 0.15) is 39.5 Å². The summed E-state index contributed by atoms with van der Waals surface area (Å²) < 4.78 is 16.7. The summed E-state index contributed by atoms with van der Waals surface area (Å²) >= 11 is 0. The number of hydrogen-bond acceptors (Lipinski definition) is 5. The van der Waals surface area contributed by atoms with Gasteiger partial charge in [-0.15, -0.1) is 0 Å². The lowest BCUT2D eigenvalue weighted by molar-refractivity contribution is -0.139. The van der Waals surface area contributed by atoms with Crippen LogP contribution in [0.4, 0.5) is 0 Å². The predicted octanol–water partition coefficient (Wildman–Crippen LogP) is 2.24. The molecule has 4 fully saturated rings. The van der Waals surface area contributed by atoms with Crippen LogP contribution >= 0.6 is 0 Å². The van der Waals surface area contributed by atoms with Gasteiger partial charge in [0.2, 0.25) is 0 Å². The van der Waals surface area contributed by atoms with E-state index in [9.17, 15) is 9.59 Å². The molecule has 5 heteroatoms. The fraction of sp³-hybridized carbons (Fsp3) is 0.789. The fourth-order valence-corrected chi connectivity index (χ4v) is 7.23. The molecule has 0 aromatic heterocycles. The zero-order valence-corrected chi connectivity index (χ0v) is 14.7. The Balaban J connectivity index is 1.73. The highest BCUT2D eigenvalue weighted by atomic mass is 16.6. The smallest absolute Gasteiger partial charge is 0.334 e. The molecule has 3 saturated carbocycles. The van der Waals surface area contributed by atoms with E-state index < -0.39 is 0 Å². The first kappa shape index (κ1) is 14.9. The minimum absolute atomic E-state index is 0.000903. The van der Waals surface area contributed by atoms with Crippen molar-refractivity contribution >= 4 is 11.9 Å². The summed E-state index contributed by atoms with van der Waals surface area (Å²) in [6.07, 6.45) is 4.43. The molecule has 130 valence electrons. The van der Waals surface area contributed by atoms with Gasteiger partial charge >= 0.3 is 11.9 Å². The predicted molar refractivity (Wildman–Crippen MR) is 83.8 cm³/mol. The first-order chi connectivity index (χ1) is 11.3. The number of epoxide rings is 1. The Morgan fingerprint density at radius 1 is 1.04 bits per heavy atom. The summed E-state index contributed by atoms with van der Waals surface area (Å²) in [7, 11) is 2.77. The van der Waals surface area contributed by atoms with Crippen LogP contribution in [0.2, 0.25) is 0 Å². The van der Waals surface area contributed by atoms with Crippen LogP contribution in [0, 0.1) is 29.1 Å². The third-order valence-corrected chi connectivity index (χ3v) is 7.99. The number of hydrogen-bond donors (Lipinski definition) is 0. The second-order valence-electron chi connectivity index (χ2n) is 8.81. The molecule has 1 heterocycles. The van der Waals surface area contributed by atoms with Crippen LogP contribution in [0.3, 0.4) is 0 Å². The topological polar surface area (TPSA) is 65.1 Å². The highest BCUT2D eigenvalue weighted by Gasteiger charge is 2.90. The highest BCUT2D eigenvalue weighted by molar-refractivity contribution is 6.03. The maximum atomic E-state index is 12.7. The third-order valence-electron chi connectivity index (χ3n) is 7.99. The molecule has 6 unspecified atom stereocenters. The van der Waals surface area contributed by atoms with E-state index in [4.69, 9.17) is 14.2 Å². The third kappa shape index (κ3) is 1.26. The molecule has 0 spiro atoms. The Morgan fingerprint density at radius 3 is 2.33 bits per heavy atom. The average molecular weight is 332 g/mol.